The van der Waals surface area contributed by atoms with Gasteiger partial charge in [0.05, 0.1) is 11.9 Å². The van der Waals surface area contributed by atoms with Gasteiger partial charge in [-0.2, -0.15) is 15.0 Å². The van der Waals surface area contributed by atoms with Crippen molar-refractivity contribution in [1.82, 2.24) is 24.8 Å². The highest BCUT2D eigenvalue weighted by Gasteiger charge is 2.16. The summed E-state index contributed by atoms with van der Waals surface area (Å²) < 4.78 is 1.58. The Bertz CT molecular complexity index is 713. The SMILES string of the molecule is Cn1ccc(C(=O)c2cnn(-c3ccccc3)n2)n1. The number of ketones is 1. The van der Waals surface area contributed by atoms with Crippen LogP contribution in [0.2, 0.25) is 0 Å². The summed E-state index contributed by atoms with van der Waals surface area (Å²) in [5.41, 5.74) is 1.45. The van der Waals surface area contributed by atoms with Crippen LogP contribution in [0.25, 0.3) is 5.69 Å². The molecule has 0 amide bonds. The Kier molecular flexibility index (Phi) is 2.68. The van der Waals surface area contributed by atoms with Crippen LogP contribution in [0.3, 0.4) is 0 Å². The normalized spacial score (nSPS) is 10.6. The lowest BCUT2D eigenvalue weighted by atomic mass is 10.2. The molecule has 6 heteroatoms. The largest absolute Gasteiger partial charge is 0.285 e. The Hall–Kier alpha value is -2.76. The first kappa shape index (κ1) is 11.3. The van der Waals surface area contributed by atoms with Crippen molar-refractivity contribution in [2.75, 3.05) is 0 Å². The van der Waals surface area contributed by atoms with Gasteiger partial charge >= 0.3 is 0 Å². The van der Waals surface area contributed by atoms with Gasteiger partial charge < -0.3 is 0 Å². The van der Waals surface area contributed by atoms with Crippen molar-refractivity contribution in [1.29, 1.82) is 0 Å². The number of rotatable bonds is 3. The van der Waals surface area contributed by atoms with Crippen LogP contribution in [-0.2, 0) is 7.05 Å². The molecule has 6 nitrogen and oxygen atoms in total. The molecule has 0 fully saturated rings. The zero-order valence-electron chi connectivity index (χ0n) is 10.3. The summed E-state index contributed by atoms with van der Waals surface area (Å²) in [7, 11) is 1.76. The molecule has 0 radical (unpaired) electrons. The Balaban J connectivity index is 1.92. The van der Waals surface area contributed by atoms with Gasteiger partial charge in [-0.3, -0.25) is 9.48 Å². The third-order valence-electron chi connectivity index (χ3n) is 2.66. The van der Waals surface area contributed by atoms with Crippen molar-refractivity contribution in [3.63, 3.8) is 0 Å². The predicted octanol–water partition coefficient (Wildman–Crippen LogP) is 1.23. The van der Waals surface area contributed by atoms with Gasteiger partial charge in [0.25, 0.3) is 0 Å². The fourth-order valence-electron chi connectivity index (χ4n) is 1.72. The molecule has 0 N–H and O–H groups in total. The average Bonchev–Trinajstić information content (AvgIpc) is 3.08. The van der Waals surface area contributed by atoms with E-state index in [1.165, 1.54) is 11.0 Å². The Morgan fingerprint density at radius 1 is 1.05 bits per heavy atom. The fraction of sp³-hybridized carbons (Fsp3) is 0.0769. The summed E-state index contributed by atoms with van der Waals surface area (Å²) in [6.45, 7) is 0. The number of aryl methyl sites for hydroxylation is 1. The van der Waals surface area contributed by atoms with Crippen LogP contribution in [0.5, 0.6) is 0 Å². The number of aromatic nitrogens is 5. The van der Waals surface area contributed by atoms with Crippen molar-refractivity contribution >= 4 is 5.78 Å². The summed E-state index contributed by atoms with van der Waals surface area (Å²) in [6.07, 6.45) is 3.17. The van der Waals surface area contributed by atoms with Gasteiger partial charge in [0, 0.05) is 13.2 Å². The Morgan fingerprint density at radius 3 is 2.53 bits per heavy atom. The molecule has 0 aliphatic heterocycles. The summed E-state index contributed by atoms with van der Waals surface area (Å²) in [5.74, 6) is -0.234. The minimum atomic E-state index is -0.234. The smallest absolute Gasteiger partial charge is 0.235 e. The standard InChI is InChI=1S/C13H11N5O/c1-17-8-7-11(15-17)13(19)12-9-14-18(16-12)10-5-3-2-4-6-10/h2-9H,1H3. The number of para-hydroxylation sites is 1. The second-order valence-corrected chi connectivity index (χ2v) is 4.06. The van der Waals surface area contributed by atoms with Crippen LogP contribution in [0.4, 0.5) is 0 Å². The molecule has 19 heavy (non-hydrogen) atoms. The average molecular weight is 253 g/mol. The van der Waals surface area contributed by atoms with E-state index in [2.05, 4.69) is 15.3 Å². The zero-order valence-corrected chi connectivity index (χ0v) is 10.3. The first-order valence-corrected chi connectivity index (χ1v) is 5.76. The monoisotopic (exact) mass is 253 g/mol. The first-order valence-electron chi connectivity index (χ1n) is 5.76. The van der Waals surface area contributed by atoms with Gasteiger partial charge in [-0.25, -0.2) is 0 Å². The Labute approximate surface area is 109 Å². The number of hydrogen-bond donors (Lipinski definition) is 0. The van der Waals surface area contributed by atoms with E-state index in [0.29, 0.717) is 5.69 Å². The van der Waals surface area contributed by atoms with E-state index < -0.39 is 0 Å². The van der Waals surface area contributed by atoms with Crippen molar-refractivity contribution in [3.8, 4) is 5.69 Å². The van der Waals surface area contributed by atoms with E-state index in [4.69, 9.17) is 0 Å². The third-order valence-corrected chi connectivity index (χ3v) is 2.66. The number of benzene rings is 1. The van der Waals surface area contributed by atoms with Crippen molar-refractivity contribution in [3.05, 3.63) is 60.2 Å². The number of carbonyl (C=O) groups excluding carboxylic acids is 1. The van der Waals surface area contributed by atoms with Gasteiger partial charge in [-0.05, 0) is 18.2 Å². The number of carbonyl (C=O) groups is 1. The summed E-state index contributed by atoms with van der Waals surface area (Å²) in [5, 5.41) is 12.3. The minimum absolute atomic E-state index is 0.234. The summed E-state index contributed by atoms with van der Waals surface area (Å²) >= 11 is 0. The third kappa shape index (κ3) is 2.15. The molecule has 3 rings (SSSR count). The molecule has 3 aromatic rings. The van der Waals surface area contributed by atoms with E-state index in [9.17, 15) is 4.79 Å². The molecule has 94 valence electrons. The minimum Gasteiger partial charge on any atom is -0.285 e. The molecule has 0 saturated carbocycles. The van der Waals surface area contributed by atoms with Gasteiger partial charge in [-0.15, -0.1) is 5.10 Å². The highest BCUT2D eigenvalue weighted by molar-refractivity contribution is 6.06. The molecule has 0 saturated heterocycles. The maximum atomic E-state index is 12.1. The van der Waals surface area contributed by atoms with E-state index in [-0.39, 0.29) is 11.5 Å². The van der Waals surface area contributed by atoms with Gasteiger partial charge in [0.1, 0.15) is 5.69 Å². The van der Waals surface area contributed by atoms with Crippen LogP contribution < -0.4 is 0 Å². The van der Waals surface area contributed by atoms with E-state index >= 15 is 0 Å². The van der Waals surface area contributed by atoms with Gasteiger partial charge in [-0.1, -0.05) is 18.2 Å². The maximum absolute atomic E-state index is 12.1. The lowest BCUT2D eigenvalue weighted by Gasteiger charge is -1.97. The lowest BCUT2D eigenvalue weighted by Crippen LogP contribution is -2.06. The van der Waals surface area contributed by atoms with Crippen LogP contribution >= 0.6 is 0 Å². The van der Waals surface area contributed by atoms with Crippen molar-refractivity contribution in [2.45, 2.75) is 0 Å². The molecule has 0 aliphatic rings. The van der Waals surface area contributed by atoms with Crippen LogP contribution in [0.15, 0.2) is 48.8 Å². The zero-order chi connectivity index (χ0) is 13.2. The second kappa shape index (κ2) is 4.49. The highest BCUT2D eigenvalue weighted by Crippen LogP contribution is 2.07. The van der Waals surface area contributed by atoms with Gasteiger partial charge in [0.2, 0.25) is 5.78 Å². The Morgan fingerprint density at radius 2 is 1.84 bits per heavy atom. The molecule has 2 aromatic heterocycles. The molecular weight excluding hydrogens is 242 g/mol. The molecule has 0 bridgehead atoms. The molecule has 0 unspecified atom stereocenters. The first-order chi connectivity index (χ1) is 9.24. The van der Waals surface area contributed by atoms with Crippen LogP contribution in [0.1, 0.15) is 16.2 Å². The topological polar surface area (TPSA) is 65.6 Å². The summed E-state index contributed by atoms with van der Waals surface area (Å²) in [4.78, 5) is 13.5. The fourth-order valence-corrected chi connectivity index (χ4v) is 1.72. The quantitative estimate of drug-likeness (QED) is 0.658. The molecular formula is C13H11N5O. The number of nitrogens with zero attached hydrogens (tertiary/aromatic N) is 5. The summed E-state index contributed by atoms with van der Waals surface area (Å²) in [6, 6.07) is 11.1. The van der Waals surface area contributed by atoms with Crippen molar-refractivity contribution in [2.24, 2.45) is 7.05 Å². The predicted molar refractivity (Wildman–Crippen MR) is 68.0 cm³/mol. The molecule has 1 aromatic carbocycles. The second-order valence-electron chi connectivity index (χ2n) is 4.06. The van der Waals surface area contributed by atoms with E-state index in [1.807, 2.05) is 30.3 Å². The molecule has 0 aliphatic carbocycles. The lowest BCUT2D eigenvalue weighted by molar-refractivity contribution is 0.102. The highest BCUT2D eigenvalue weighted by atomic mass is 16.1. The molecule has 0 atom stereocenters. The van der Waals surface area contributed by atoms with Gasteiger partial charge in [0.15, 0.2) is 5.69 Å². The van der Waals surface area contributed by atoms with Crippen LogP contribution in [0, 0.1) is 0 Å². The van der Waals surface area contributed by atoms with Crippen LogP contribution in [-0.4, -0.2) is 30.6 Å². The maximum Gasteiger partial charge on any atom is 0.235 e. The van der Waals surface area contributed by atoms with Crippen molar-refractivity contribution < 1.29 is 4.79 Å². The number of hydrogen-bond acceptors (Lipinski definition) is 4. The molecule has 2 heterocycles. The van der Waals surface area contributed by atoms with E-state index in [0.717, 1.165) is 5.69 Å². The molecule has 0 spiro atoms. The van der Waals surface area contributed by atoms with E-state index in [1.54, 1.807) is 24.0 Å².